The predicted molar refractivity (Wildman–Crippen MR) is 85.8 cm³/mol. The van der Waals surface area contributed by atoms with Gasteiger partial charge >= 0.3 is 0 Å². The summed E-state index contributed by atoms with van der Waals surface area (Å²) in [5.74, 6) is 0. The van der Waals surface area contributed by atoms with Gasteiger partial charge in [-0.3, -0.25) is 0 Å². The van der Waals surface area contributed by atoms with Crippen molar-refractivity contribution >= 4 is 21.6 Å². The van der Waals surface area contributed by atoms with Crippen molar-refractivity contribution in [3.8, 4) is 5.13 Å². The molecular weight excluding hydrogens is 280 g/mol. The van der Waals surface area contributed by atoms with Crippen molar-refractivity contribution in [2.24, 2.45) is 11.1 Å². The third-order valence-corrected chi connectivity index (χ3v) is 5.19. The molecule has 5 heteroatoms. The summed E-state index contributed by atoms with van der Waals surface area (Å²) in [5, 5.41) is 5.50. The first-order valence-corrected chi connectivity index (χ1v) is 8.03. The molecule has 1 atom stereocenters. The van der Waals surface area contributed by atoms with Crippen LogP contribution in [0.25, 0.3) is 15.3 Å². The third-order valence-electron chi connectivity index (χ3n) is 4.18. The van der Waals surface area contributed by atoms with E-state index in [1.807, 2.05) is 29.1 Å². The minimum Gasteiger partial charge on any atom is -0.324 e. The van der Waals surface area contributed by atoms with Gasteiger partial charge < -0.3 is 5.73 Å². The maximum atomic E-state index is 6.32. The molecule has 3 aromatic rings. The highest BCUT2D eigenvalue weighted by Crippen LogP contribution is 2.40. The molecule has 0 bridgehead atoms. The number of rotatable bonds is 1. The van der Waals surface area contributed by atoms with E-state index in [1.54, 1.807) is 11.3 Å². The fraction of sp³-hybridized carbons (Fsp3) is 0.375. The van der Waals surface area contributed by atoms with Gasteiger partial charge in [0.2, 0.25) is 5.13 Å². The Morgan fingerprint density at radius 2 is 2.14 bits per heavy atom. The second kappa shape index (κ2) is 4.39. The van der Waals surface area contributed by atoms with Crippen molar-refractivity contribution in [3.05, 3.63) is 41.7 Å². The van der Waals surface area contributed by atoms with Crippen LogP contribution in [0.1, 0.15) is 37.6 Å². The molecule has 1 aromatic carbocycles. The Morgan fingerprint density at radius 1 is 1.33 bits per heavy atom. The van der Waals surface area contributed by atoms with E-state index >= 15 is 0 Å². The topological polar surface area (TPSA) is 56.7 Å². The molecule has 0 radical (unpaired) electrons. The summed E-state index contributed by atoms with van der Waals surface area (Å²) in [5.41, 5.74) is 9.95. The number of thiazole rings is 1. The molecule has 21 heavy (non-hydrogen) atoms. The number of para-hydroxylation sites is 1. The second-order valence-electron chi connectivity index (χ2n) is 6.57. The van der Waals surface area contributed by atoms with Crippen molar-refractivity contribution in [1.82, 2.24) is 14.8 Å². The average molecular weight is 298 g/mol. The van der Waals surface area contributed by atoms with Gasteiger partial charge in [0.1, 0.15) is 0 Å². The van der Waals surface area contributed by atoms with E-state index < -0.39 is 0 Å². The van der Waals surface area contributed by atoms with Crippen LogP contribution >= 0.6 is 11.3 Å². The maximum absolute atomic E-state index is 6.32. The molecule has 108 valence electrons. The Labute approximate surface area is 127 Å². The number of hydrogen-bond donors (Lipinski definition) is 1. The molecule has 4 rings (SSSR count). The minimum absolute atomic E-state index is 0.0758. The molecule has 4 nitrogen and oxygen atoms in total. The highest BCUT2D eigenvalue weighted by molar-refractivity contribution is 7.20. The van der Waals surface area contributed by atoms with Crippen LogP contribution in [0.4, 0.5) is 0 Å². The predicted octanol–water partition coefficient (Wildman–Crippen LogP) is 3.45. The molecule has 2 heterocycles. The van der Waals surface area contributed by atoms with Gasteiger partial charge in [-0.25, -0.2) is 9.67 Å². The number of benzene rings is 1. The van der Waals surface area contributed by atoms with Crippen LogP contribution in [0.15, 0.2) is 30.5 Å². The average Bonchev–Trinajstić information content (AvgIpc) is 2.99. The van der Waals surface area contributed by atoms with Gasteiger partial charge in [-0.05, 0) is 30.4 Å². The first kappa shape index (κ1) is 13.0. The number of nitrogens with zero attached hydrogens (tertiary/aromatic N) is 3. The number of aromatic nitrogens is 3. The quantitative estimate of drug-likeness (QED) is 0.748. The van der Waals surface area contributed by atoms with Crippen LogP contribution in [0.5, 0.6) is 0 Å². The lowest BCUT2D eigenvalue weighted by Gasteiger charge is -2.33. The monoisotopic (exact) mass is 298 g/mol. The van der Waals surface area contributed by atoms with Crippen molar-refractivity contribution in [1.29, 1.82) is 0 Å². The normalized spacial score (nSPS) is 20.6. The molecule has 1 unspecified atom stereocenters. The molecule has 1 aliphatic rings. The Kier molecular flexibility index (Phi) is 2.71. The highest BCUT2D eigenvalue weighted by atomic mass is 32.1. The lowest BCUT2D eigenvalue weighted by molar-refractivity contribution is 0.278. The summed E-state index contributed by atoms with van der Waals surface area (Å²) in [4.78, 5) is 4.71. The standard InChI is InChI=1S/C16H18N4S/c1-16(2)7-11(17)10-9-18-20(13(10)8-16)15-19-12-5-3-4-6-14(12)21-15/h3-6,9,11H,7-8,17H2,1-2H3. The van der Waals surface area contributed by atoms with Crippen LogP contribution in [0.3, 0.4) is 0 Å². The summed E-state index contributed by atoms with van der Waals surface area (Å²) < 4.78 is 3.18. The Hall–Kier alpha value is -1.72. The van der Waals surface area contributed by atoms with Gasteiger partial charge in [0, 0.05) is 11.6 Å². The van der Waals surface area contributed by atoms with Gasteiger partial charge in [-0.15, -0.1) is 0 Å². The Balaban J connectivity index is 1.87. The van der Waals surface area contributed by atoms with E-state index in [2.05, 4.69) is 25.0 Å². The molecule has 0 aliphatic heterocycles. The molecule has 0 saturated carbocycles. The maximum Gasteiger partial charge on any atom is 0.211 e. The lowest BCUT2D eigenvalue weighted by atomic mass is 9.75. The second-order valence-corrected chi connectivity index (χ2v) is 7.58. The summed E-state index contributed by atoms with van der Waals surface area (Å²) >= 11 is 1.68. The van der Waals surface area contributed by atoms with Gasteiger partial charge in [0.15, 0.2) is 0 Å². The summed E-state index contributed by atoms with van der Waals surface area (Å²) in [7, 11) is 0. The van der Waals surface area contributed by atoms with Crippen LogP contribution in [-0.4, -0.2) is 14.8 Å². The summed E-state index contributed by atoms with van der Waals surface area (Å²) in [6.45, 7) is 4.54. The smallest absolute Gasteiger partial charge is 0.211 e. The third kappa shape index (κ3) is 2.08. The molecule has 0 spiro atoms. The van der Waals surface area contributed by atoms with Crippen LogP contribution in [0, 0.1) is 5.41 Å². The Bertz CT molecular complexity index is 782. The zero-order chi connectivity index (χ0) is 14.6. The van der Waals surface area contributed by atoms with E-state index in [4.69, 9.17) is 10.7 Å². The van der Waals surface area contributed by atoms with Crippen molar-refractivity contribution in [2.75, 3.05) is 0 Å². The lowest BCUT2D eigenvalue weighted by Crippen LogP contribution is -2.30. The van der Waals surface area contributed by atoms with Crippen molar-refractivity contribution in [3.63, 3.8) is 0 Å². The molecule has 0 amide bonds. The number of fused-ring (bicyclic) bond motifs is 2. The molecular formula is C16H18N4S. The number of nitrogens with two attached hydrogens (primary N) is 1. The number of hydrogen-bond acceptors (Lipinski definition) is 4. The van der Waals surface area contributed by atoms with Crippen molar-refractivity contribution < 1.29 is 0 Å². The zero-order valence-corrected chi connectivity index (χ0v) is 13.0. The fourth-order valence-electron chi connectivity index (χ4n) is 3.22. The molecule has 0 fully saturated rings. The van der Waals surface area contributed by atoms with Crippen LogP contribution < -0.4 is 5.73 Å². The van der Waals surface area contributed by atoms with E-state index in [0.29, 0.717) is 0 Å². The first-order chi connectivity index (χ1) is 10.0. The molecule has 2 N–H and O–H groups in total. The van der Waals surface area contributed by atoms with Crippen molar-refractivity contribution in [2.45, 2.75) is 32.7 Å². The van der Waals surface area contributed by atoms with Gasteiger partial charge in [0.25, 0.3) is 0 Å². The molecule has 1 aliphatic carbocycles. The van der Waals surface area contributed by atoms with Gasteiger partial charge in [0.05, 0.1) is 22.1 Å². The van der Waals surface area contributed by atoms with E-state index in [1.165, 1.54) is 16.0 Å². The van der Waals surface area contributed by atoms with E-state index in [-0.39, 0.29) is 11.5 Å². The van der Waals surface area contributed by atoms with Crippen LogP contribution in [-0.2, 0) is 6.42 Å². The zero-order valence-electron chi connectivity index (χ0n) is 12.2. The Morgan fingerprint density at radius 3 is 2.95 bits per heavy atom. The molecule has 2 aromatic heterocycles. The minimum atomic E-state index is 0.0758. The summed E-state index contributed by atoms with van der Waals surface area (Å²) in [6, 6.07) is 8.28. The molecule has 0 saturated heterocycles. The SMILES string of the molecule is CC1(C)Cc2c(cnn2-c2nc3ccccc3s2)C(N)C1. The summed E-state index contributed by atoms with van der Waals surface area (Å²) in [6.07, 6.45) is 3.92. The largest absolute Gasteiger partial charge is 0.324 e. The van der Waals surface area contributed by atoms with Crippen LogP contribution in [0.2, 0.25) is 0 Å². The van der Waals surface area contributed by atoms with Gasteiger partial charge in [-0.2, -0.15) is 5.10 Å². The highest BCUT2D eigenvalue weighted by Gasteiger charge is 2.33. The van der Waals surface area contributed by atoms with Gasteiger partial charge in [-0.1, -0.05) is 37.3 Å². The van der Waals surface area contributed by atoms with E-state index in [9.17, 15) is 0 Å². The fourth-order valence-corrected chi connectivity index (χ4v) is 4.17. The van der Waals surface area contributed by atoms with E-state index in [0.717, 1.165) is 23.5 Å². The first-order valence-electron chi connectivity index (χ1n) is 7.22.